The molecule has 0 bridgehead atoms. The summed E-state index contributed by atoms with van der Waals surface area (Å²) in [5.41, 5.74) is 8.93. The molecule has 0 radical (unpaired) electrons. The van der Waals surface area contributed by atoms with Crippen LogP contribution in [0.25, 0.3) is 5.57 Å². The summed E-state index contributed by atoms with van der Waals surface area (Å²) in [5.74, 6) is 0. The summed E-state index contributed by atoms with van der Waals surface area (Å²) >= 11 is 3.61. The molecule has 0 saturated carbocycles. The molecule has 1 unspecified atom stereocenters. The van der Waals surface area contributed by atoms with Crippen molar-refractivity contribution in [3.63, 3.8) is 0 Å². The Labute approximate surface area is 118 Å². The van der Waals surface area contributed by atoms with Gasteiger partial charge in [-0.2, -0.15) is 5.10 Å². The molecular weight excluding hydrogens is 290 g/mol. The van der Waals surface area contributed by atoms with Gasteiger partial charge < -0.3 is 5.73 Å². The van der Waals surface area contributed by atoms with Gasteiger partial charge in [-0.25, -0.2) is 0 Å². The Bertz CT molecular complexity index is 471. The van der Waals surface area contributed by atoms with Gasteiger partial charge >= 0.3 is 0 Å². The largest absolute Gasteiger partial charge is 0.324 e. The molecule has 2 rings (SSSR count). The minimum atomic E-state index is 0.145. The second-order valence-corrected chi connectivity index (χ2v) is 7.13. The number of nitrogens with zero attached hydrogens (tertiary/aromatic N) is 2. The van der Waals surface area contributed by atoms with Crippen LogP contribution in [0.15, 0.2) is 16.7 Å². The minimum absolute atomic E-state index is 0.145. The molecule has 1 atom stereocenters. The third kappa shape index (κ3) is 2.69. The predicted octanol–water partition coefficient (Wildman–Crippen LogP) is 3.76. The molecule has 0 aromatic carbocycles. The van der Waals surface area contributed by atoms with Crippen molar-refractivity contribution in [1.29, 1.82) is 0 Å². The lowest BCUT2D eigenvalue weighted by atomic mass is 9.75. The molecule has 0 aliphatic heterocycles. The quantitative estimate of drug-likeness (QED) is 0.903. The van der Waals surface area contributed by atoms with Crippen LogP contribution in [0, 0.1) is 5.41 Å². The Kier molecular flexibility index (Phi) is 3.70. The SMILES string of the molecule is CC(C)n1ncc(Br)c1C1=CC(N)CC(C)(C)C1. The third-order valence-corrected chi connectivity index (χ3v) is 4.00. The molecule has 1 aromatic heterocycles. The highest BCUT2D eigenvalue weighted by molar-refractivity contribution is 9.10. The van der Waals surface area contributed by atoms with Gasteiger partial charge in [-0.05, 0) is 53.6 Å². The smallest absolute Gasteiger partial charge is 0.0784 e. The topological polar surface area (TPSA) is 43.8 Å². The Morgan fingerprint density at radius 2 is 2.17 bits per heavy atom. The monoisotopic (exact) mass is 311 g/mol. The number of rotatable bonds is 2. The van der Waals surface area contributed by atoms with Crippen molar-refractivity contribution in [1.82, 2.24) is 9.78 Å². The number of hydrogen-bond donors (Lipinski definition) is 1. The Morgan fingerprint density at radius 3 is 2.72 bits per heavy atom. The molecule has 0 amide bonds. The minimum Gasteiger partial charge on any atom is -0.324 e. The van der Waals surface area contributed by atoms with Gasteiger partial charge in [-0.15, -0.1) is 0 Å². The number of allylic oxidation sites excluding steroid dienone is 1. The lowest BCUT2D eigenvalue weighted by molar-refractivity contribution is 0.317. The molecule has 18 heavy (non-hydrogen) atoms. The zero-order valence-electron chi connectivity index (χ0n) is 11.6. The van der Waals surface area contributed by atoms with Crippen molar-refractivity contribution in [2.75, 3.05) is 0 Å². The Balaban J connectivity index is 2.45. The normalized spacial score (nSPS) is 23.3. The zero-order chi connectivity index (χ0) is 13.5. The number of nitrogens with two attached hydrogens (primary N) is 1. The summed E-state index contributed by atoms with van der Waals surface area (Å²) in [6.45, 7) is 8.86. The summed E-state index contributed by atoms with van der Waals surface area (Å²) in [7, 11) is 0. The molecule has 0 fully saturated rings. The van der Waals surface area contributed by atoms with Crippen LogP contribution in [0.3, 0.4) is 0 Å². The van der Waals surface area contributed by atoms with Gasteiger partial charge in [-0.3, -0.25) is 4.68 Å². The van der Waals surface area contributed by atoms with E-state index in [2.05, 4.69) is 59.5 Å². The molecule has 3 nitrogen and oxygen atoms in total. The molecule has 4 heteroatoms. The van der Waals surface area contributed by atoms with Crippen LogP contribution in [0.4, 0.5) is 0 Å². The highest BCUT2D eigenvalue weighted by Crippen LogP contribution is 2.41. The summed E-state index contributed by atoms with van der Waals surface area (Å²) < 4.78 is 3.14. The summed E-state index contributed by atoms with van der Waals surface area (Å²) in [4.78, 5) is 0. The maximum absolute atomic E-state index is 6.16. The highest BCUT2D eigenvalue weighted by Gasteiger charge is 2.30. The molecule has 0 spiro atoms. The predicted molar refractivity (Wildman–Crippen MR) is 79.3 cm³/mol. The third-order valence-electron chi connectivity index (χ3n) is 3.42. The van der Waals surface area contributed by atoms with Gasteiger partial charge in [0.15, 0.2) is 0 Å². The van der Waals surface area contributed by atoms with Crippen LogP contribution >= 0.6 is 15.9 Å². The molecule has 1 aliphatic carbocycles. The first-order valence-corrected chi connectivity index (χ1v) is 7.29. The highest BCUT2D eigenvalue weighted by atomic mass is 79.9. The zero-order valence-corrected chi connectivity index (χ0v) is 13.2. The average Bonchev–Trinajstić information content (AvgIpc) is 2.56. The van der Waals surface area contributed by atoms with E-state index in [0.717, 1.165) is 17.3 Å². The number of aromatic nitrogens is 2. The molecule has 2 N–H and O–H groups in total. The van der Waals surface area contributed by atoms with Gasteiger partial charge in [0.1, 0.15) is 0 Å². The van der Waals surface area contributed by atoms with Crippen LogP contribution < -0.4 is 5.73 Å². The van der Waals surface area contributed by atoms with E-state index in [-0.39, 0.29) is 11.5 Å². The van der Waals surface area contributed by atoms with Crippen molar-refractivity contribution in [3.8, 4) is 0 Å². The van der Waals surface area contributed by atoms with Crippen LogP contribution in [-0.2, 0) is 0 Å². The van der Waals surface area contributed by atoms with Gasteiger partial charge in [0.2, 0.25) is 0 Å². The average molecular weight is 312 g/mol. The van der Waals surface area contributed by atoms with Crippen LogP contribution in [0.5, 0.6) is 0 Å². The first-order valence-electron chi connectivity index (χ1n) is 6.50. The van der Waals surface area contributed by atoms with E-state index in [1.165, 1.54) is 11.3 Å². The van der Waals surface area contributed by atoms with E-state index < -0.39 is 0 Å². The summed E-state index contributed by atoms with van der Waals surface area (Å²) in [6, 6.07) is 0.500. The van der Waals surface area contributed by atoms with Gasteiger partial charge in [0.25, 0.3) is 0 Å². The maximum Gasteiger partial charge on any atom is 0.0784 e. The summed E-state index contributed by atoms with van der Waals surface area (Å²) in [6.07, 6.45) is 6.18. The van der Waals surface area contributed by atoms with E-state index in [9.17, 15) is 0 Å². The van der Waals surface area contributed by atoms with E-state index in [4.69, 9.17) is 5.73 Å². The van der Waals surface area contributed by atoms with Gasteiger partial charge in [0, 0.05) is 12.1 Å². The van der Waals surface area contributed by atoms with Crippen LogP contribution in [0.2, 0.25) is 0 Å². The van der Waals surface area contributed by atoms with E-state index in [0.29, 0.717) is 6.04 Å². The molecular formula is C14H22BrN3. The lowest BCUT2D eigenvalue weighted by Crippen LogP contribution is -2.31. The molecule has 1 heterocycles. The second kappa shape index (κ2) is 4.82. The molecule has 0 saturated heterocycles. The number of halogens is 1. The van der Waals surface area contributed by atoms with Crippen molar-refractivity contribution in [3.05, 3.63) is 22.4 Å². The van der Waals surface area contributed by atoms with Crippen molar-refractivity contribution in [2.24, 2.45) is 11.1 Å². The molecule has 1 aromatic rings. The molecule has 1 aliphatic rings. The van der Waals surface area contributed by atoms with Gasteiger partial charge in [0.05, 0.1) is 16.4 Å². The fourth-order valence-corrected chi connectivity index (χ4v) is 3.33. The lowest BCUT2D eigenvalue weighted by Gasteiger charge is -2.33. The van der Waals surface area contributed by atoms with Crippen molar-refractivity contribution < 1.29 is 0 Å². The first-order chi connectivity index (χ1) is 8.30. The fraction of sp³-hybridized carbons (Fsp3) is 0.643. The van der Waals surface area contributed by atoms with Crippen molar-refractivity contribution >= 4 is 21.5 Å². The van der Waals surface area contributed by atoms with E-state index in [1.807, 2.05) is 6.20 Å². The maximum atomic E-state index is 6.16. The Morgan fingerprint density at radius 1 is 1.50 bits per heavy atom. The number of hydrogen-bond acceptors (Lipinski definition) is 2. The summed E-state index contributed by atoms with van der Waals surface area (Å²) in [5, 5.41) is 4.45. The standard InChI is InChI=1S/C14H22BrN3/c1-9(2)18-13(12(15)8-17-18)10-5-11(16)7-14(3,4)6-10/h5,8-9,11H,6-7,16H2,1-4H3. The first kappa shape index (κ1) is 13.8. The van der Waals surface area contributed by atoms with Crippen LogP contribution in [0.1, 0.15) is 52.3 Å². The van der Waals surface area contributed by atoms with E-state index >= 15 is 0 Å². The second-order valence-electron chi connectivity index (χ2n) is 6.28. The fourth-order valence-electron chi connectivity index (χ4n) is 2.80. The van der Waals surface area contributed by atoms with Crippen LogP contribution in [-0.4, -0.2) is 15.8 Å². The van der Waals surface area contributed by atoms with E-state index in [1.54, 1.807) is 0 Å². The molecule has 100 valence electrons. The Hall–Kier alpha value is -0.610. The van der Waals surface area contributed by atoms with Crippen molar-refractivity contribution in [2.45, 2.75) is 52.6 Å². The van der Waals surface area contributed by atoms with Gasteiger partial charge in [-0.1, -0.05) is 19.9 Å².